The molecule has 0 spiro atoms. The van der Waals surface area contributed by atoms with Crippen molar-refractivity contribution in [3.8, 4) is 0 Å². The van der Waals surface area contributed by atoms with E-state index in [9.17, 15) is 4.79 Å². The minimum Gasteiger partial charge on any atom is -0.443 e. The number of rotatable bonds is 1. The van der Waals surface area contributed by atoms with E-state index >= 15 is 0 Å². The van der Waals surface area contributed by atoms with Gasteiger partial charge in [0.05, 0.1) is 5.56 Å². The Bertz CT molecular complexity index is 475. The van der Waals surface area contributed by atoms with Crippen LogP contribution in [-0.4, -0.2) is 10.8 Å². The van der Waals surface area contributed by atoms with Crippen LogP contribution in [0.15, 0.2) is 27.4 Å². The van der Waals surface area contributed by atoms with Crippen LogP contribution in [0.1, 0.15) is 17.3 Å². The van der Waals surface area contributed by atoms with Gasteiger partial charge in [-0.15, -0.1) is 0 Å². The fraction of sp³-hybridized carbons (Fsp3) is 0.111. The highest BCUT2D eigenvalue weighted by molar-refractivity contribution is 9.10. The van der Waals surface area contributed by atoms with E-state index in [0.717, 1.165) is 4.47 Å². The zero-order chi connectivity index (χ0) is 9.42. The van der Waals surface area contributed by atoms with Crippen LogP contribution in [0.2, 0.25) is 0 Å². The Hall–Kier alpha value is -1.16. The number of oxazole rings is 1. The molecule has 0 aliphatic carbocycles. The van der Waals surface area contributed by atoms with Gasteiger partial charge in [-0.3, -0.25) is 4.79 Å². The molecule has 13 heavy (non-hydrogen) atoms. The Labute approximate surface area is 82.9 Å². The molecule has 0 atom stereocenters. The smallest absolute Gasteiger partial charge is 0.182 e. The average Bonchev–Trinajstić information content (AvgIpc) is 2.49. The highest BCUT2D eigenvalue weighted by Crippen LogP contribution is 2.23. The number of carbonyl (C=O) groups excluding carboxylic acids is 1. The molecule has 0 saturated heterocycles. The summed E-state index contributed by atoms with van der Waals surface area (Å²) in [4.78, 5) is 15.2. The molecule has 0 radical (unpaired) electrons. The van der Waals surface area contributed by atoms with Crippen molar-refractivity contribution in [1.82, 2.24) is 4.98 Å². The lowest BCUT2D eigenvalue weighted by atomic mass is 10.1. The van der Waals surface area contributed by atoms with Crippen molar-refractivity contribution < 1.29 is 9.21 Å². The second-order valence-electron chi connectivity index (χ2n) is 2.71. The number of benzene rings is 1. The van der Waals surface area contributed by atoms with Crippen molar-refractivity contribution >= 4 is 32.8 Å². The molecule has 0 unspecified atom stereocenters. The molecule has 0 fully saturated rings. The van der Waals surface area contributed by atoms with Crippen molar-refractivity contribution in [2.45, 2.75) is 6.92 Å². The highest BCUT2D eigenvalue weighted by Gasteiger charge is 2.10. The molecule has 0 amide bonds. The average molecular weight is 240 g/mol. The first-order valence-corrected chi connectivity index (χ1v) is 4.51. The van der Waals surface area contributed by atoms with Gasteiger partial charge in [-0.1, -0.05) is 15.9 Å². The van der Waals surface area contributed by atoms with Gasteiger partial charge in [0.25, 0.3) is 0 Å². The molecule has 1 heterocycles. The number of Topliss-reactive ketones (excluding diaryl/α,β-unsaturated/α-hetero) is 1. The third-order valence-corrected chi connectivity index (χ3v) is 2.23. The molecule has 2 aromatic rings. The molecule has 0 aliphatic heterocycles. The zero-order valence-corrected chi connectivity index (χ0v) is 8.46. The molecule has 66 valence electrons. The molecule has 0 aliphatic rings. The van der Waals surface area contributed by atoms with Gasteiger partial charge in [0.1, 0.15) is 5.52 Å². The predicted molar refractivity (Wildman–Crippen MR) is 51.7 cm³/mol. The summed E-state index contributed by atoms with van der Waals surface area (Å²) in [7, 11) is 0. The number of fused-ring (bicyclic) bond motifs is 1. The van der Waals surface area contributed by atoms with Gasteiger partial charge in [0, 0.05) is 4.47 Å². The number of hydrogen-bond acceptors (Lipinski definition) is 3. The van der Waals surface area contributed by atoms with E-state index in [1.807, 2.05) is 6.07 Å². The van der Waals surface area contributed by atoms with Crippen molar-refractivity contribution in [3.05, 3.63) is 28.6 Å². The molecule has 1 aromatic heterocycles. The summed E-state index contributed by atoms with van der Waals surface area (Å²) in [5.74, 6) is -0.0250. The topological polar surface area (TPSA) is 43.1 Å². The largest absolute Gasteiger partial charge is 0.443 e. The minimum absolute atomic E-state index is 0.0250. The fourth-order valence-corrected chi connectivity index (χ4v) is 1.64. The Kier molecular flexibility index (Phi) is 1.92. The Morgan fingerprint density at radius 2 is 2.31 bits per heavy atom. The van der Waals surface area contributed by atoms with Crippen LogP contribution in [-0.2, 0) is 0 Å². The van der Waals surface area contributed by atoms with E-state index in [2.05, 4.69) is 20.9 Å². The first-order valence-electron chi connectivity index (χ1n) is 3.72. The van der Waals surface area contributed by atoms with Gasteiger partial charge in [0.2, 0.25) is 0 Å². The summed E-state index contributed by atoms with van der Waals surface area (Å²) in [5.41, 5.74) is 1.80. The van der Waals surface area contributed by atoms with Crippen molar-refractivity contribution in [1.29, 1.82) is 0 Å². The second-order valence-corrected chi connectivity index (χ2v) is 3.63. The predicted octanol–water partition coefficient (Wildman–Crippen LogP) is 2.79. The quantitative estimate of drug-likeness (QED) is 0.719. The molecular formula is C9H6BrNO2. The number of halogens is 1. The standard InChI is InChI=1S/C9H6BrNO2/c1-5(12)7-2-6(10)3-8-9(7)13-4-11-8/h2-4H,1H3. The number of carbonyl (C=O) groups is 1. The Morgan fingerprint density at radius 3 is 3.00 bits per heavy atom. The van der Waals surface area contributed by atoms with E-state index in [0.29, 0.717) is 16.7 Å². The maximum atomic E-state index is 11.2. The summed E-state index contributed by atoms with van der Waals surface area (Å²) in [6.45, 7) is 1.50. The van der Waals surface area contributed by atoms with Crippen LogP contribution in [0, 0.1) is 0 Å². The van der Waals surface area contributed by atoms with Crippen LogP contribution < -0.4 is 0 Å². The summed E-state index contributed by atoms with van der Waals surface area (Å²) in [6, 6.07) is 3.54. The summed E-state index contributed by atoms with van der Waals surface area (Å²) >= 11 is 3.30. The minimum atomic E-state index is -0.0250. The Morgan fingerprint density at radius 1 is 1.54 bits per heavy atom. The van der Waals surface area contributed by atoms with Gasteiger partial charge in [-0.05, 0) is 19.1 Å². The van der Waals surface area contributed by atoms with E-state index in [1.54, 1.807) is 6.07 Å². The number of hydrogen-bond donors (Lipinski definition) is 0. The normalized spacial score (nSPS) is 10.6. The summed E-state index contributed by atoms with van der Waals surface area (Å²) in [6.07, 6.45) is 1.34. The molecule has 1 aromatic carbocycles. The van der Waals surface area contributed by atoms with E-state index in [-0.39, 0.29) is 5.78 Å². The first kappa shape index (κ1) is 8.44. The maximum Gasteiger partial charge on any atom is 0.182 e. The van der Waals surface area contributed by atoms with Crippen LogP contribution in [0.5, 0.6) is 0 Å². The molecule has 0 saturated carbocycles. The van der Waals surface area contributed by atoms with Crippen molar-refractivity contribution in [3.63, 3.8) is 0 Å². The van der Waals surface area contributed by atoms with E-state index in [4.69, 9.17) is 4.42 Å². The van der Waals surface area contributed by atoms with Gasteiger partial charge in [0.15, 0.2) is 17.8 Å². The fourth-order valence-electron chi connectivity index (χ4n) is 1.20. The molecule has 0 N–H and O–H groups in total. The monoisotopic (exact) mass is 239 g/mol. The van der Waals surface area contributed by atoms with E-state index in [1.165, 1.54) is 13.3 Å². The summed E-state index contributed by atoms with van der Waals surface area (Å²) < 4.78 is 5.95. The van der Waals surface area contributed by atoms with Crippen molar-refractivity contribution in [2.24, 2.45) is 0 Å². The third-order valence-electron chi connectivity index (χ3n) is 1.78. The second kappa shape index (κ2) is 2.96. The van der Waals surface area contributed by atoms with Crippen LogP contribution in [0.4, 0.5) is 0 Å². The van der Waals surface area contributed by atoms with Gasteiger partial charge in [-0.2, -0.15) is 0 Å². The molecule has 4 heteroatoms. The summed E-state index contributed by atoms with van der Waals surface area (Å²) in [5, 5.41) is 0. The first-order chi connectivity index (χ1) is 6.18. The molecule has 0 bridgehead atoms. The van der Waals surface area contributed by atoms with Crippen LogP contribution >= 0.6 is 15.9 Å². The lowest BCUT2D eigenvalue weighted by Gasteiger charge is -1.96. The van der Waals surface area contributed by atoms with E-state index < -0.39 is 0 Å². The number of nitrogens with zero attached hydrogens (tertiary/aromatic N) is 1. The number of ketones is 1. The Balaban J connectivity index is 2.84. The lowest BCUT2D eigenvalue weighted by molar-refractivity contribution is 0.101. The van der Waals surface area contributed by atoms with Gasteiger partial charge < -0.3 is 4.42 Å². The van der Waals surface area contributed by atoms with Crippen LogP contribution in [0.25, 0.3) is 11.1 Å². The van der Waals surface area contributed by atoms with Gasteiger partial charge >= 0.3 is 0 Å². The maximum absolute atomic E-state index is 11.2. The molecule has 2 rings (SSSR count). The highest BCUT2D eigenvalue weighted by atomic mass is 79.9. The third kappa shape index (κ3) is 1.37. The molecule has 3 nitrogen and oxygen atoms in total. The molecular weight excluding hydrogens is 234 g/mol. The number of aromatic nitrogens is 1. The van der Waals surface area contributed by atoms with Crippen molar-refractivity contribution in [2.75, 3.05) is 0 Å². The lowest BCUT2D eigenvalue weighted by Crippen LogP contribution is -1.92. The van der Waals surface area contributed by atoms with Gasteiger partial charge in [-0.25, -0.2) is 4.98 Å². The zero-order valence-electron chi connectivity index (χ0n) is 6.87. The van der Waals surface area contributed by atoms with Crippen LogP contribution in [0.3, 0.4) is 0 Å². The SMILES string of the molecule is CC(=O)c1cc(Br)cc2ncoc12.